The zero-order chi connectivity index (χ0) is 20.7. The van der Waals surface area contributed by atoms with E-state index in [4.69, 9.17) is 14.7 Å². The van der Waals surface area contributed by atoms with Gasteiger partial charge < -0.3 is 19.5 Å². The smallest absolute Gasteiger partial charge is 0.244 e. The van der Waals surface area contributed by atoms with E-state index in [0.29, 0.717) is 11.8 Å². The molecule has 0 bridgehead atoms. The number of aromatic nitrogens is 6. The number of nitrogens with one attached hydrogen (secondary N) is 1. The molecule has 10 heteroatoms. The van der Waals surface area contributed by atoms with E-state index in [1.165, 1.54) is 11.5 Å². The van der Waals surface area contributed by atoms with Gasteiger partial charge in [-0.3, -0.25) is 4.68 Å². The molecule has 4 aromatic heterocycles. The molecule has 156 valence electrons. The lowest BCUT2D eigenvalue weighted by Crippen LogP contribution is -2.35. The molecule has 1 saturated heterocycles. The minimum absolute atomic E-state index is 0.134. The Labute approximate surface area is 178 Å². The average molecular weight is 425 g/mol. The van der Waals surface area contributed by atoms with Crippen molar-refractivity contribution in [3.05, 3.63) is 36.4 Å². The fraction of sp³-hybridized carbons (Fsp3) is 0.400. The summed E-state index contributed by atoms with van der Waals surface area (Å²) in [7, 11) is 4.05. The van der Waals surface area contributed by atoms with Gasteiger partial charge in [-0.1, -0.05) is 0 Å². The first-order valence-corrected chi connectivity index (χ1v) is 10.8. The van der Waals surface area contributed by atoms with Crippen molar-refractivity contribution in [1.82, 2.24) is 33.6 Å². The molecule has 1 aliphatic rings. The van der Waals surface area contributed by atoms with Crippen LogP contribution in [0.5, 0.6) is 5.88 Å². The van der Waals surface area contributed by atoms with Crippen LogP contribution in [0.15, 0.2) is 30.7 Å². The summed E-state index contributed by atoms with van der Waals surface area (Å²) in [5.74, 6) is 1.10. The van der Waals surface area contributed by atoms with E-state index >= 15 is 0 Å². The Balaban J connectivity index is 1.55. The third-order valence-electron chi connectivity index (χ3n) is 5.28. The van der Waals surface area contributed by atoms with Gasteiger partial charge in [0, 0.05) is 32.5 Å². The maximum atomic E-state index is 6.45. The summed E-state index contributed by atoms with van der Waals surface area (Å²) in [5.41, 5.74) is 3.59. The number of hydrogen-bond donors (Lipinski definition) is 1. The molecule has 0 unspecified atom stereocenters. The normalized spacial score (nSPS) is 15.7. The van der Waals surface area contributed by atoms with Gasteiger partial charge in [-0.25, -0.2) is 4.98 Å². The highest BCUT2D eigenvalue weighted by Crippen LogP contribution is 2.31. The molecule has 5 rings (SSSR count). The minimum Gasteiger partial charge on any atom is -0.473 e. The van der Waals surface area contributed by atoms with Crippen molar-refractivity contribution in [2.75, 3.05) is 25.5 Å². The molecule has 0 saturated carbocycles. The van der Waals surface area contributed by atoms with Gasteiger partial charge in [-0.15, -0.1) is 0 Å². The molecule has 0 amide bonds. The molecular weight excluding hydrogens is 400 g/mol. The van der Waals surface area contributed by atoms with E-state index in [2.05, 4.69) is 26.7 Å². The summed E-state index contributed by atoms with van der Waals surface area (Å²) in [4.78, 5) is 11.8. The number of rotatable bonds is 5. The highest BCUT2D eigenvalue weighted by Gasteiger charge is 2.22. The van der Waals surface area contributed by atoms with E-state index < -0.39 is 0 Å². The Morgan fingerprint density at radius 1 is 1.20 bits per heavy atom. The summed E-state index contributed by atoms with van der Waals surface area (Å²) in [6.07, 6.45) is 7.86. The summed E-state index contributed by atoms with van der Waals surface area (Å²) in [5, 5.41) is 8.48. The first kappa shape index (κ1) is 19.0. The summed E-state index contributed by atoms with van der Waals surface area (Å²) in [6.45, 7) is 4.01. The molecule has 30 heavy (non-hydrogen) atoms. The Bertz CT molecular complexity index is 1170. The Kier molecular flexibility index (Phi) is 4.87. The average Bonchev–Trinajstić information content (AvgIpc) is 3.44. The second kappa shape index (κ2) is 7.69. The number of piperidine rings is 1. The van der Waals surface area contributed by atoms with Crippen LogP contribution in [-0.2, 0) is 7.05 Å². The molecule has 1 aliphatic heterocycles. The minimum atomic E-state index is 0.134. The monoisotopic (exact) mass is 424 g/mol. The van der Waals surface area contributed by atoms with Crippen LogP contribution < -0.4 is 10.1 Å². The second-order valence-corrected chi connectivity index (χ2v) is 8.53. The van der Waals surface area contributed by atoms with Gasteiger partial charge in [0.2, 0.25) is 11.8 Å². The van der Waals surface area contributed by atoms with Crippen molar-refractivity contribution in [1.29, 1.82) is 0 Å². The van der Waals surface area contributed by atoms with Gasteiger partial charge in [0.15, 0.2) is 0 Å². The molecular formula is C20H24N8OS. The molecule has 9 nitrogen and oxygen atoms in total. The molecule has 1 N–H and O–H groups in total. The maximum Gasteiger partial charge on any atom is 0.244 e. The van der Waals surface area contributed by atoms with Crippen LogP contribution >= 0.6 is 11.5 Å². The topological polar surface area (TPSA) is 85.9 Å². The second-order valence-electron chi connectivity index (χ2n) is 7.72. The van der Waals surface area contributed by atoms with Crippen molar-refractivity contribution in [2.45, 2.75) is 25.9 Å². The van der Waals surface area contributed by atoms with Crippen LogP contribution in [0, 0.1) is 6.92 Å². The molecule has 5 heterocycles. The van der Waals surface area contributed by atoms with Crippen LogP contribution in [-0.4, -0.2) is 59.8 Å². The van der Waals surface area contributed by atoms with Crippen LogP contribution in [0.2, 0.25) is 0 Å². The van der Waals surface area contributed by atoms with E-state index in [1.807, 2.05) is 49.3 Å². The van der Waals surface area contributed by atoms with E-state index in [-0.39, 0.29) is 6.10 Å². The Hall–Kier alpha value is -2.98. The lowest BCUT2D eigenvalue weighted by atomic mass is 10.1. The number of nitrogens with zero attached hydrogens (tertiary/aromatic N) is 7. The van der Waals surface area contributed by atoms with E-state index in [0.717, 1.165) is 53.3 Å². The van der Waals surface area contributed by atoms with Gasteiger partial charge in [0.05, 0.1) is 23.1 Å². The number of ether oxygens (including phenoxy) is 1. The fourth-order valence-corrected chi connectivity index (χ4v) is 4.35. The number of anilines is 2. The van der Waals surface area contributed by atoms with Gasteiger partial charge >= 0.3 is 0 Å². The van der Waals surface area contributed by atoms with Gasteiger partial charge in [-0.05, 0) is 50.5 Å². The van der Waals surface area contributed by atoms with Crippen LogP contribution in [0.25, 0.3) is 16.7 Å². The third kappa shape index (κ3) is 3.75. The Morgan fingerprint density at radius 2 is 2.03 bits per heavy atom. The molecule has 1 fully saturated rings. The van der Waals surface area contributed by atoms with E-state index in [1.54, 1.807) is 4.68 Å². The zero-order valence-electron chi connectivity index (χ0n) is 17.2. The van der Waals surface area contributed by atoms with Gasteiger partial charge in [-0.2, -0.15) is 14.5 Å². The number of hydrogen-bond acceptors (Lipinski definition) is 8. The van der Waals surface area contributed by atoms with Crippen LogP contribution in [0.4, 0.5) is 10.9 Å². The third-order valence-corrected chi connectivity index (χ3v) is 6.07. The molecule has 4 aromatic rings. The highest BCUT2D eigenvalue weighted by atomic mass is 32.1. The summed E-state index contributed by atoms with van der Waals surface area (Å²) >= 11 is 1.39. The first-order valence-electron chi connectivity index (χ1n) is 9.99. The SMILES string of the molecule is Cc1cc(Nc2nc(OC3CCN(C)CC3)c3c(ccn3-c3cnn(C)c3)n2)sn1. The molecule has 0 aromatic carbocycles. The van der Waals surface area contributed by atoms with Crippen molar-refractivity contribution in [2.24, 2.45) is 7.05 Å². The van der Waals surface area contributed by atoms with Crippen molar-refractivity contribution in [3.8, 4) is 11.6 Å². The Morgan fingerprint density at radius 3 is 2.73 bits per heavy atom. The van der Waals surface area contributed by atoms with Crippen molar-refractivity contribution >= 4 is 33.5 Å². The number of fused-ring (bicyclic) bond motifs is 1. The lowest BCUT2D eigenvalue weighted by Gasteiger charge is -2.29. The van der Waals surface area contributed by atoms with Crippen molar-refractivity contribution < 1.29 is 4.74 Å². The fourth-order valence-electron chi connectivity index (χ4n) is 3.69. The van der Waals surface area contributed by atoms with Crippen LogP contribution in [0.3, 0.4) is 0 Å². The quantitative estimate of drug-likeness (QED) is 0.527. The van der Waals surface area contributed by atoms with Crippen molar-refractivity contribution in [3.63, 3.8) is 0 Å². The highest BCUT2D eigenvalue weighted by molar-refractivity contribution is 7.10. The maximum absolute atomic E-state index is 6.45. The number of likely N-dealkylation sites (tertiary alicyclic amines) is 1. The predicted molar refractivity (Wildman–Crippen MR) is 117 cm³/mol. The van der Waals surface area contributed by atoms with Gasteiger partial charge in [0.1, 0.15) is 16.6 Å². The zero-order valence-corrected chi connectivity index (χ0v) is 18.1. The van der Waals surface area contributed by atoms with Gasteiger partial charge in [0.25, 0.3) is 0 Å². The van der Waals surface area contributed by atoms with E-state index in [9.17, 15) is 0 Å². The summed E-state index contributed by atoms with van der Waals surface area (Å²) in [6, 6.07) is 3.96. The standard InChI is InChI=1S/C20H24N8OS/c1-13-10-17(30-25-13)23-20-22-16-6-9-28(14-11-21-27(3)12-14)18(16)19(24-20)29-15-4-7-26(2)8-5-15/h6,9-12,15H,4-5,7-8H2,1-3H3,(H,22,23,24). The molecule has 0 aliphatic carbocycles. The molecule has 0 spiro atoms. The number of aryl methyl sites for hydroxylation is 2. The lowest BCUT2D eigenvalue weighted by molar-refractivity contribution is 0.111. The first-order chi connectivity index (χ1) is 14.5. The van der Waals surface area contributed by atoms with Crippen LogP contribution in [0.1, 0.15) is 18.5 Å². The molecule has 0 radical (unpaired) electrons. The largest absolute Gasteiger partial charge is 0.473 e. The molecule has 0 atom stereocenters. The predicted octanol–water partition coefficient (Wildman–Crippen LogP) is 3.14. The summed E-state index contributed by atoms with van der Waals surface area (Å²) < 4.78 is 14.6.